The Morgan fingerprint density at radius 1 is 1.38 bits per heavy atom. The molecule has 1 rings (SSSR count). The van der Waals surface area contributed by atoms with Crippen molar-refractivity contribution in [1.82, 2.24) is 10.2 Å². The van der Waals surface area contributed by atoms with Crippen molar-refractivity contribution in [2.24, 2.45) is 5.92 Å². The van der Waals surface area contributed by atoms with E-state index in [-0.39, 0.29) is 0 Å². The van der Waals surface area contributed by atoms with Crippen molar-refractivity contribution in [3.8, 4) is 0 Å². The van der Waals surface area contributed by atoms with Gasteiger partial charge in [-0.15, -0.1) is 5.10 Å². The number of rotatable bonds is 4. The normalized spacial score (nSPS) is 12.9. The summed E-state index contributed by atoms with van der Waals surface area (Å²) >= 11 is 0. The Labute approximate surface area is 79.6 Å². The molecule has 1 aromatic heterocycles. The molecule has 0 aliphatic rings. The fourth-order valence-electron chi connectivity index (χ4n) is 1.40. The van der Waals surface area contributed by atoms with E-state index in [1.165, 1.54) is 0 Å². The standard InChI is InChI=1S/C10H17N3/c1-8(2)7-9(3)12-10-5-4-6-11-13-10/h4-6,8-9H,7H2,1-3H3,(H,12,13). The highest BCUT2D eigenvalue weighted by Gasteiger charge is 2.04. The predicted molar refractivity (Wildman–Crippen MR) is 54.6 cm³/mol. The SMILES string of the molecule is CC(C)CC(C)Nc1cccnn1. The van der Waals surface area contributed by atoms with Gasteiger partial charge in [-0.2, -0.15) is 5.10 Å². The highest BCUT2D eigenvalue weighted by atomic mass is 15.2. The van der Waals surface area contributed by atoms with Gasteiger partial charge in [0.1, 0.15) is 5.82 Å². The van der Waals surface area contributed by atoms with E-state index in [9.17, 15) is 0 Å². The highest BCUT2D eigenvalue weighted by Crippen LogP contribution is 2.08. The molecule has 1 aromatic rings. The Morgan fingerprint density at radius 2 is 2.15 bits per heavy atom. The molecule has 3 heteroatoms. The maximum Gasteiger partial charge on any atom is 0.148 e. The van der Waals surface area contributed by atoms with E-state index >= 15 is 0 Å². The number of nitrogens with zero attached hydrogens (tertiary/aromatic N) is 2. The zero-order valence-corrected chi connectivity index (χ0v) is 8.49. The lowest BCUT2D eigenvalue weighted by Gasteiger charge is -2.15. The summed E-state index contributed by atoms with van der Waals surface area (Å²) in [6, 6.07) is 4.28. The molecule has 0 bridgehead atoms. The molecule has 1 unspecified atom stereocenters. The Kier molecular flexibility index (Phi) is 3.68. The van der Waals surface area contributed by atoms with Crippen LogP contribution in [0.3, 0.4) is 0 Å². The molecule has 0 spiro atoms. The number of anilines is 1. The third kappa shape index (κ3) is 3.87. The third-order valence-electron chi connectivity index (χ3n) is 1.79. The first-order valence-electron chi connectivity index (χ1n) is 4.72. The minimum atomic E-state index is 0.455. The van der Waals surface area contributed by atoms with Crippen LogP contribution in [0.1, 0.15) is 27.2 Å². The average molecular weight is 179 g/mol. The number of hydrogen-bond donors (Lipinski definition) is 1. The summed E-state index contributed by atoms with van der Waals surface area (Å²) in [5, 5.41) is 11.1. The highest BCUT2D eigenvalue weighted by molar-refractivity contribution is 5.32. The van der Waals surface area contributed by atoms with Gasteiger partial charge in [-0.3, -0.25) is 0 Å². The maximum atomic E-state index is 3.96. The molecule has 0 aliphatic carbocycles. The van der Waals surface area contributed by atoms with E-state index in [1.807, 2.05) is 12.1 Å². The quantitative estimate of drug-likeness (QED) is 0.770. The molecule has 1 N–H and O–H groups in total. The Balaban J connectivity index is 2.41. The van der Waals surface area contributed by atoms with Crippen LogP contribution in [0.15, 0.2) is 18.3 Å². The van der Waals surface area contributed by atoms with Gasteiger partial charge in [0.2, 0.25) is 0 Å². The predicted octanol–water partition coefficient (Wildman–Crippen LogP) is 2.32. The van der Waals surface area contributed by atoms with Crippen molar-refractivity contribution >= 4 is 5.82 Å². The fourth-order valence-corrected chi connectivity index (χ4v) is 1.40. The van der Waals surface area contributed by atoms with Gasteiger partial charge in [0.25, 0.3) is 0 Å². The molecule has 0 saturated carbocycles. The van der Waals surface area contributed by atoms with Gasteiger partial charge in [0.15, 0.2) is 0 Å². The van der Waals surface area contributed by atoms with Gasteiger partial charge in [0.05, 0.1) is 0 Å². The molecule has 0 saturated heterocycles. The van der Waals surface area contributed by atoms with Gasteiger partial charge in [0, 0.05) is 12.2 Å². The van der Waals surface area contributed by atoms with Crippen LogP contribution in [0.5, 0.6) is 0 Å². The van der Waals surface area contributed by atoms with E-state index in [0.29, 0.717) is 12.0 Å². The second kappa shape index (κ2) is 4.80. The van der Waals surface area contributed by atoms with Crippen molar-refractivity contribution < 1.29 is 0 Å². The van der Waals surface area contributed by atoms with Crippen LogP contribution in [0.4, 0.5) is 5.82 Å². The van der Waals surface area contributed by atoms with Crippen molar-refractivity contribution in [3.63, 3.8) is 0 Å². The Bertz CT molecular complexity index is 233. The topological polar surface area (TPSA) is 37.8 Å². The van der Waals surface area contributed by atoms with Crippen LogP contribution in [0.2, 0.25) is 0 Å². The first-order chi connectivity index (χ1) is 6.18. The molecule has 13 heavy (non-hydrogen) atoms. The van der Waals surface area contributed by atoms with Crippen LogP contribution in [0.25, 0.3) is 0 Å². The van der Waals surface area contributed by atoms with E-state index < -0.39 is 0 Å². The lowest BCUT2D eigenvalue weighted by atomic mass is 10.1. The number of hydrogen-bond acceptors (Lipinski definition) is 3. The summed E-state index contributed by atoms with van der Waals surface area (Å²) in [5.41, 5.74) is 0. The van der Waals surface area contributed by atoms with Gasteiger partial charge >= 0.3 is 0 Å². The Hall–Kier alpha value is -1.12. The fraction of sp³-hybridized carbons (Fsp3) is 0.600. The molecule has 3 nitrogen and oxygen atoms in total. The molecular weight excluding hydrogens is 162 g/mol. The van der Waals surface area contributed by atoms with Crippen LogP contribution in [-0.2, 0) is 0 Å². The largest absolute Gasteiger partial charge is 0.366 e. The van der Waals surface area contributed by atoms with Gasteiger partial charge in [-0.1, -0.05) is 13.8 Å². The summed E-state index contributed by atoms with van der Waals surface area (Å²) in [7, 11) is 0. The molecule has 72 valence electrons. The minimum Gasteiger partial charge on any atom is -0.366 e. The maximum absolute atomic E-state index is 3.96. The van der Waals surface area contributed by atoms with E-state index in [2.05, 4.69) is 36.3 Å². The summed E-state index contributed by atoms with van der Waals surface area (Å²) in [6.45, 7) is 6.60. The van der Waals surface area contributed by atoms with Crippen molar-refractivity contribution in [2.75, 3.05) is 5.32 Å². The van der Waals surface area contributed by atoms with Crippen molar-refractivity contribution in [1.29, 1.82) is 0 Å². The second-order valence-electron chi connectivity index (χ2n) is 3.78. The first-order valence-corrected chi connectivity index (χ1v) is 4.72. The zero-order valence-electron chi connectivity index (χ0n) is 8.49. The summed E-state index contributed by atoms with van der Waals surface area (Å²) in [4.78, 5) is 0. The van der Waals surface area contributed by atoms with Crippen molar-refractivity contribution in [3.05, 3.63) is 18.3 Å². The molecule has 0 amide bonds. The second-order valence-corrected chi connectivity index (χ2v) is 3.78. The monoisotopic (exact) mass is 179 g/mol. The van der Waals surface area contributed by atoms with Gasteiger partial charge in [-0.25, -0.2) is 0 Å². The van der Waals surface area contributed by atoms with Gasteiger partial charge in [-0.05, 0) is 31.4 Å². The first kappa shape index (κ1) is 9.96. The van der Waals surface area contributed by atoms with Crippen LogP contribution in [-0.4, -0.2) is 16.2 Å². The number of nitrogens with one attached hydrogen (secondary N) is 1. The smallest absolute Gasteiger partial charge is 0.148 e. The lowest BCUT2D eigenvalue weighted by Crippen LogP contribution is -2.18. The lowest BCUT2D eigenvalue weighted by molar-refractivity contribution is 0.538. The zero-order chi connectivity index (χ0) is 9.68. The molecule has 1 atom stereocenters. The van der Waals surface area contributed by atoms with Crippen LogP contribution in [0, 0.1) is 5.92 Å². The van der Waals surface area contributed by atoms with E-state index in [0.717, 1.165) is 12.2 Å². The van der Waals surface area contributed by atoms with Crippen LogP contribution < -0.4 is 5.32 Å². The summed E-state index contributed by atoms with van der Waals surface area (Å²) in [5.74, 6) is 1.56. The molecule has 1 heterocycles. The van der Waals surface area contributed by atoms with Crippen molar-refractivity contribution in [2.45, 2.75) is 33.2 Å². The van der Waals surface area contributed by atoms with E-state index in [4.69, 9.17) is 0 Å². The third-order valence-corrected chi connectivity index (χ3v) is 1.79. The Morgan fingerprint density at radius 3 is 2.69 bits per heavy atom. The van der Waals surface area contributed by atoms with E-state index in [1.54, 1.807) is 6.20 Å². The summed E-state index contributed by atoms with van der Waals surface area (Å²) < 4.78 is 0. The molecule has 0 fully saturated rings. The minimum absolute atomic E-state index is 0.455. The number of aromatic nitrogens is 2. The molecule has 0 aliphatic heterocycles. The molecule has 0 radical (unpaired) electrons. The molecule has 0 aromatic carbocycles. The summed E-state index contributed by atoms with van der Waals surface area (Å²) in [6.07, 6.45) is 2.83. The van der Waals surface area contributed by atoms with Gasteiger partial charge < -0.3 is 5.32 Å². The average Bonchev–Trinajstić information content (AvgIpc) is 2.04. The molecular formula is C10H17N3. The van der Waals surface area contributed by atoms with Crippen LogP contribution >= 0.6 is 0 Å².